The van der Waals surface area contributed by atoms with Crippen molar-refractivity contribution in [1.82, 2.24) is 14.9 Å². The smallest absolute Gasteiger partial charge is 0.325 e. The lowest BCUT2D eigenvalue weighted by Gasteiger charge is -2.26. The fourth-order valence-corrected chi connectivity index (χ4v) is 5.08. The Morgan fingerprint density at radius 3 is 2.50 bits per heavy atom. The molecule has 3 rings (SSSR count). The van der Waals surface area contributed by atoms with E-state index in [0.717, 1.165) is 0 Å². The highest BCUT2D eigenvalue weighted by Gasteiger charge is 2.47. The number of imide groups is 1. The van der Waals surface area contributed by atoms with Gasteiger partial charge in [0.1, 0.15) is 12.1 Å². The fraction of sp³-hybridized carbons (Fsp3) is 0.565. The van der Waals surface area contributed by atoms with E-state index in [4.69, 9.17) is 4.74 Å². The molecule has 3 N–H and O–H groups in total. The number of halogens is 1. The Hall–Kier alpha value is -2.50. The van der Waals surface area contributed by atoms with Gasteiger partial charge < -0.3 is 14.7 Å². The topological polar surface area (TPSA) is 125 Å². The SMILES string of the molecule is CC(C)(O)COc1cc(C2(NS(=O)(=O)CC/C=C/CN3C(=O)NC(=O)C3(C)C)CC2)ccc1F. The van der Waals surface area contributed by atoms with Crippen LogP contribution in [-0.4, -0.2) is 60.4 Å². The molecule has 34 heavy (non-hydrogen) atoms. The monoisotopic (exact) mass is 497 g/mol. The Morgan fingerprint density at radius 1 is 1.26 bits per heavy atom. The molecule has 1 aromatic rings. The summed E-state index contributed by atoms with van der Waals surface area (Å²) < 4.78 is 47.6. The number of rotatable bonds is 11. The fourth-order valence-electron chi connectivity index (χ4n) is 3.62. The average Bonchev–Trinajstić information content (AvgIpc) is 3.44. The summed E-state index contributed by atoms with van der Waals surface area (Å²) in [6, 6.07) is 3.76. The number of amides is 3. The first-order chi connectivity index (χ1) is 15.7. The molecule has 11 heteroatoms. The van der Waals surface area contributed by atoms with Gasteiger partial charge in [0.25, 0.3) is 5.91 Å². The van der Waals surface area contributed by atoms with Crippen LogP contribution in [0.2, 0.25) is 0 Å². The first kappa shape index (κ1) is 26.1. The number of aliphatic hydroxyl groups is 1. The molecule has 1 saturated carbocycles. The van der Waals surface area contributed by atoms with E-state index in [2.05, 4.69) is 10.0 Å². The number of nitrogens with one attached hydrogen (secondary N) is 2. The minimum atomic E-state index is -3.65. The van der Waals surface area contributed by atoms with E-state index in [9.17, 15) is 27.5 Å². The number of benzene rings is 1. The maximum Gasteiger partial charge on any atom is 0.325 e. The Kier molecular flexibility index (Phi) is 7.12. The summed E-state index contributed by atoms with van der Waals surface area (Å²) in [5.74, 6) is -1.17. The molecule has 9 nitrogen and oxygen atoms in total. The average molecular weight is 498 g/mol. The van der Waals surface area contributed by atoms with Gasteiger partial charge in [-0.3, -0.25) is 10.1 Å². The van der Waals surface area contributed by atoms with Crippen molar-refractivity contribution >= 4 is 22.0 Å². The highest BCUT2D eigenvalue weighted by atomic mass is 32.2. The van der Waals surface area contributed by atoms with E-state index in [1.165, 1.54) is 23.1 Å². The predicted molar refractivity (Wildman–Crippen MR) is 124 cm³/mol. The zero-order chi connectivity index (χ0) is 25.4. The van der Waals surface area contributed by atoms with Crippen molar-refractivity contribution in [3.8, 4) is 5.75 Å². The number of nitrogens with zero attached hydrogens (tertiary/aromatic N) is 1. The molecule has 0 atom stereocenters. The van der Waals surface area contributed by atoms with E-state index in [0.29, 0.717) is 18.4 Å². The van der Waals surface area contributed by atoms with Crippen molar-refractivity contribution in [2.45, 2.75) is 63.6 Å². The second-order valence-corrected chi connectivity index (χ2v) is 11.8. The van der Waals surface area contributed by atoms with Crippen molar-refractivity contribution in [2.75, 3.05) is 18.9 Å². The number of hydrogen-bond acceptors (Lipinski definition) is 6. The van der Waals surface area contributed by atoms with Gasteiger partial charge in [-0.05, 0) is 64.7 Å². The van der Waals surface area contributed by atoms with Gasteiger partial charge in [-0.1, -0.05) is 18.2 Å². The number of sulfonamides is 1. The molecule has 0 unspecified atom stereocenters. The molecule has 2 fully saturated rings. The summed E-state index contributed by atoms with van der Waals surface area (Å²) in [6.07, 6.45) is 4.69. The van der Waals surface area contributed by atoms with Crippen LogP contribution in [0.1, 0.15) is 52.5 Å². The lowest BCUT2D eigenvalue weighted by molar-refractivity contribution is -0.124. The van der Waals surface area contributed by atoms with Crippen molar-refractivity contribution in [1.29, 1.82) is 0 Å². The third-order valence-electron chi connectivity index (χ3n) is 5.87. The van der Waals surface area contributed by atoms with Crippen LogP contribution in [0, 0.1) is 5.82 Å². The number of allylic oxidation sites excluding steroid dienone is 1. The molecule has 3 amide bonds. The van der Waals surface area contributed by atoms with Crippen LogP contribution in [0.4, 0.5) is 9.18 Å². The lowest BCUT2D eigenvalue weighted by atomic mass is 10.0. The van der Waals surface area contributed by atoms with Crippen molar-refractivity contribution in [2.24, 2.45) is 0 Å². The molecular weight excluding hydrogens is 465 g/mol. The second kappa shape index (κ2) is 9.27. The molecule has 1 heterocycles. The Balaban J connectivity index is 1.57. The Bertz CT molecular complexity index is 1090. The van der Waals surface area contributed by atoms with Crippen LogP contribution in [0.3, 0.4) is 0 Å². The van der Waals surface area contributed by atoms with E-state index in [1.807, 2.05) is 0 Å². The standard InChI is InChI=1S/C23H32FN3O6S/c1-21(2,30)15-33-18-14-16(8-9-17(18)24)23(10-11-23)26-34(31,32)13-7-5-6-12-27-20(29)25-19(28)22(27,3)4/h5-6,8-9,14,26,30H,7,10-13,15H2,1-4H3,(H,25,28,29)/b6-5+. The number of hydrogen-bond donors (Lipinski definition) is 3. The zero-order valence-corrected chi connectivity index (χ0v) is 20.7. The summed E-state index contributed by atoms with van der Waals surface area (Å²) in [5.41, 5.74) is -2.30. The molecule has 1 aliphatic heterocycles. The quantitative estimate of drug-likeness (QED) is 0.318. The van der Waals surface area contributed by atoms with Gasteiger partial charge in [0.2, 0.25) is 10.0 Å². The molecule has 1 aromatic carbocycles. The van der Waals surface area contributed by atoms with Crippen molar-refractivity contribution in [3.05, 3.63) is 41.7 Å². The maximum atomic E-state index is 14.1. The molecule has 0 bridgehead atoms. The van der Waals surface area contributed by atoms with Crippen molar-refractivity contribution < 1.29 is 32.2 Å². The van der Waals surface area contributed by atoms with E-state index in [-0.39, 0.29) is 37.0 Å². The maximum absolute atomic E-state index is 14.1. The second-order valence-electron chi connectivity index (χ2n) is 9.94. The van der Waals surface area contributed by atoms with Crippen LogP contribution in [0.15, 0.2) is 30.4 Å². The van der Waals surface area contributed by atoms with Gasteiger partial charge in [-0.2, -0.15) is 0 Å². The van der Waals surface area contributed by atoms with Crippen LogP contribution < -0.4 is 14.8 Å². The number of carbonyl (C=O) groups excluding carboxylic acids is 2. The third kappa shape index (κ3) is 6.13. The van der Waals surface area contributed by atoms with E-state index in [1.54, 1.807) is 39.8 Å². The molecule has 0 aromatic heterocycles. The molecule has 2 aliphatic rings. The summed E-state index contributed by atoms with van der Waals surface area (Å²) >= 11 is 0. The number of carbonyl (C=O) groups is 2. The van der Waals surface area contributed by atoms with Gasteiger partial charge in [-0.15, -0.1) is 0 Å². The highest BCUT2D eigenvalue weighted by molar-refractivity contribution is 7.89. The van der Waals surface area contributed by atoms with Gasteiger partial charge in [0, 0.05) is 6.54 Å². The van der Waals surface area contributed by atoms with Crippen LogP contribution >= 0.6 is 0 Å². The summed E-state index contributed by atoms with van der Waals surface area (Å²) in [6.45, 7) is 6.44. The van der Waals surface area contributed by atoms with Crippen LogP contribution in [0.25, 0.3) is 0 Å². The minimum Gasteiger partial charge on any atom is -0.488 e. The molecule has 1 aliphatic carbocycles. The Morgan fingerprint density at radius 2 is 1.94 bits per heavy atom. The number of ether oxygens (including phenoxy) is 1. The normalized spacial score (nSPS) is 19.5. The van der Waals surface area contributed by atoms with E-state index < -0.39 is 38.6 Å². The largest absolute Gasteiger partial charge is 0.488 e. The summed E-state index contributed by atoms with van der Waals surface area (Å²) in [4.78, 5) is 25.0. The zero-order valence-electron chi connectivity index (χ0n) is 19.9. The summed E-state index contributed by atoms with van der Waals surface area (Å²) in [7, 11) is -3.65. The van der Waals surface area contributed by atoms with Gasteiger partial charge in [-0.25, -0.2) is 22.3 Å². The van der Waals surface area contributed by atoms with Gasteiger partial charge in [0.15, 0.2) is 11.6 Å². The van der Waals surface area contributed by atoms with Crippen molar-refractivity contribution in [3.63, 3.8) is 0 Å². The first-order valence-electron chi connectivity index (χ1n) is 11.1. The molecule has 0 spiro atoms. The minimum absolute atomic E-state index is 0.0413. The van der Waals surface area contributed by atoms with E-state index >= 15 is 0 Å². The molecular formula is C23H32FN3O6S. The lowest BCUT2D eigenvalue weighted by Crippen LogP contribution is -2.44. The van der Waals surface area contributed by atoms with Crippen LogP contribution in [0.5, 0.6) is 5.75 Å². The third-order valence-corrected chi connectivity index (χ3v) is 7.34. The first-order valence-corrected chi connectivity index (χ1v) is 12.8. The summed E-state index contributed by atoms with van der Waals surface area (Å²) in [5, 5.41) is 12.1. The highest BCUT2D eigenvalue weighted by Crippen LogP contribution is 2.47. The van der Waals surface area contributed by atoms with Crippen LogP contribution in [-0.2, 0) is 20.4 Å². The number of urea groups is 1. The molecule has 1 saturated heterocycles. The Labute approximate surface area is 199 Å². The van der Waals surface area contributed by atoms with Gasteiger partial charge >= 0.3 is 6.03 Å². The predicted octanol–water partition coefficient (Wildman–Crippen LogP) is 2.16. The van der Waals surface area contributed by atoms with Gasteiger partial charge in [0.05, 0.1) is 16.9 Å². The molecule has 0 radical (unpaired) electrons. The molecule has 188 valence electrons.